The van der Waals surface area contributed by atoms with E-state index < -0.39 is 0 Å². The zero-order chi connectivity index (χ0) is 34.9. The Balaban J connectivity index is 1.08. The van der Waals surface area contributed by atoms with Gasteiger partial charge in [0.15, 0.2) is 5.82 Å². The minimum Gasteiger partial charge on any atom is -0.260 e. The molecule has 0 atom stereocenters. The number of imidazole rings is 1. The fraction of sp³-hybridized carbons (Fsp3) is 0. The number of benzene rings is 6. The molecule has 0 radical (unpaired) electrons. The summed E-state index contributed by atoms with van der Waals surface area (Å²) in [7, 11) is 0. The van der Waals surface area contributed by atoms with Gasteiger partial charge in [0.05, 0.1) is 33.8 Å². The number of rotatable bonds is 7. The predicted octanol–water partition coefficient (Wildman–Crippen LogP) is 10.5. The SMILES string of the molecule is O=c1n(-c2ccccc2)c2cccc(-c3ccc(-c4ccc(-c5cc(C6=CC=C=C=C6)nc(-c6ccccc6)n5)cc4)cc3)c2n1-c1ccccc1. The van der Waals surface area contributed by atoms with Crippen molar-refractivity contribution in [3.63, 3.8) is 0 Å². The zero-order valence-electron chi connectivity index (χ0n) is 28.0. The van der Waals surface area contributed by atoms with Gasteiger partial charge in [0.2, 0.25) is 0 Å². The largest absolute Gasteiger partial charge is 0.338 e. The Labute approximate surface area is 300 Å². The van der Waals surface area contributed by atoms with E-state index in [-0.39, 0.29) is 5.69 Å². The second-order valence-electron chi connectivity index (χ2n) is 12.5. The van der Waals surface area contributed by atoms with Gasteiger partial charge in [0, 0.05) is 22.3 Å². The zero-order valence-corrected chi connectivity index (χ0v) is 28.0. The van der Waals surface area contributed by atoms with Crippen molar-refractivity contribution in [1.82, 2.24) is 19.1 Å². The van der Waals surface area contributed by atoms with Crippen LogP contribution in [0.5, 0.6) is 0 Å². The van der Waals surface area contributed by atoms with Crippen LogP contribution >= 0.6 is 0 Å². The second-order valence-corrected chi connectivity index (χ2v) is 12.5. The Morgan fingerprint density at radius 1 is 0.481 bits per heavy atom. The van der Waals surface area contributed by atoms with E-state index >= 15 is 0 Å². The molecule has 0 unspecified atom stereocenters. The maximum Gasteiger partial charge on any atom is 0.338 e. The van der Waals surface area contributed by atoms with Gasteiger partial charge in [-0.2, -0.15) is 0 Å². The van der Waals surface area contributed by atoms with Crippen LogP contribution in [0.25, 0.3) is 72.9 Å². The molecule has 52 heavy (non-hydrogen) atoms. The predicted molar refractivity (Wildman–Crippen MR) is 210 cm³/mol. The average molecular weight is 667 g/mol. The molecule has 0 fully saturated rings. The Kier molecular flexibility index (Phi) is 7.81. The van der Waals surface area contributed by atoms with Gasteiger partial charge in [-0.3, -0.25) is 9.13 Å². The number of aromatic nitrogens is 4. The summed E-state index contributed by atoms with van der Waals surface area (Å²) in [5.41, 5.74) is 18.1. The molecule has 244 valence electrons. The van der Waals surface area contributed by atoms with Crippen molar-refractivity contribution in [1.29, 1.82) is 0 Å². The first-order valence-electron chi connectivity index (χ1n) is 17.1. The van der Waals surface area contributed by atoms with Crippen LogP contribution < -0.4 is 5.69 Å². The maximum atomic E-state index is 14.1. The normalized spacial score (nSPS) is 12.0. The number of hydrogen-bond acceptors (Lipinski definition) is 3. The molecule has 9 rings (SSSR count). The molecule has 0 N–H and O–H groups in total. The monoisotopic (exact) mass is 666 g/mol. The standard InChI is InChI=1S/C47H30N4O/c52-47-50(39-18-9-3-10-19-39)44-23-13-22-41(45(44)51(47)40-20-11-4-12-21-40)35-28-24-33(25-29-35)34-26-30-37(31-27-34)43-32-42(36-14-5-1-6-15-36)48-46(49-43)38-16-7-2-8-17-38/h2-5,7-32H. The first-order valence-corrected chi connectivity index (χ1v) is 17.1. The topological polar surface area (TPSA) is 52.7 Å². The van der Waals surface area contributed by atoms with Gasteiger partial charge in [-0.15, -0.1) is 0 Å². The number of allylic oxidation sites excluding steroid dienone is 4. The first-order chi connectivity index (χ1) is 25.7. The van der Waals surface area contributed by atoms with Crippen LogP contribution in [-0.4, -0.2) is 19.1 Å². The summed E-state index contributed by atoms with van der Waals surface area (Å²) in [5.74, 6) is 0.674. The van der Waals surface area contributed by atoms with Crippen LogP contribution in [0.3, 0.4) is 0 Å². The molecule has 1 aliphatic carbocycles. The first kappa shape index (κ1) is 30.7. The molecule has 0 saturated carbocycles. The van der Waals surface area contributed by atoms with E-state index in [9.17, 15) is 4.79 Å². The lowest BCUT2D eigenvalue weighted by atomic mass is 9.98. The lowest BCUT2D eigenvalue weighted by Gasteiger charge is -2.11. The summed E-state index contributed by atoms with van der Waals surface area (Å²) in [6.45, 7) is 0. The van der Waals surface area contributed by atoms with E-state index in [0.717, 1.165) is 72.7 Å². The van der Waals surface area contributed by atoms with Crippen LogP contribution in [0.15, 0.2) is 198 Å². The van der Waals surface area contributed by atoms with Crippen molar-refractivity contribution in [3.05, 3.63) is 210 Å². The Morgan fingerprint density at radius 2 is 1.06 bits per heavy atom. The third kappa shape index (κ3) is 5.65. The molecule has 2 heterocycles. The molecule has 0 amide bonds. The van der Waals surface area contributed by atoms with Crippen molar-refractivity contribution in [3.8, 4) is 56.3 Å². The number of para-hydroxylation sites is 3. The second kappa shape index (κ2) is 13.2. The number of fused-ring (bicyclic) bond motifs is 1. The molecule has 0 saturated heterocycles. The van der Waals surface area contributed by atoms with Crippen molar-refractivity contribution in [2.45, 2.75) is 0 Å². The molecule has 1 aliphatic rings. The summed E-state index contributed by atoms with van der Waals surface area (Å²) in [6, 6.07) is 54.9. The van der Waals surface area contributed by atoms with E-state index in [0.29, 0.717) is 5.82 Å². The molecular formula is C47H30N4O. The quantitative estimate of drug-likeness (QED) is 0.159. The third-order valence-corrected chi connectivity index (χ3v) is 9.31. The van der Waals surface area contributed by atoms with E-state index in [1.165, 1.54) is 0 Å². The molecule has 0 spiro atoms. The van der Waals surface area contributed by atoms with Gasteiger partial charge in [-0.1, -0.05) is 139 Å². The maximum absolute atomic E-state index is 14.1. The Morgan fingerprint density at radius 3 is 1.69 bits per heavy atom. The highest BCUT2D eigenvalue weighted by Gasteiger charge is 2.20. The highest BCUT2D eigenvalue weighted by Crippen LogP contribution is 2.34. The van der Waals surface area contributed by atoms with Gasteiger partial charge in [0.1, 0.15) is 0 Å². The fourth-order valence-corrected chi connectivity index (χ4v) is 6.76. The summed E-state index contributed by atoms with van der Waals surface area (Å²) in [5, 5.41) is 0. The highest BCUT2D eigenvalue weighted by molar-refractivity contribution is 5.95. The average Bonchev–Trinajstić information content (AvgIpc) is 3.53. The summed E-state index contributed by atoms with van der Waals surface area (Å²) in [6.07, 6.45) is 5.74. The molecule has 0 aliphatic heterocycles. The van der Waals surface area contributed by atoms with E-state index in [4.69, 9.17) is 9.97 Å². The van der Waals surface area contributed by atoms with Gasteiger partial charge < -0.3 is 0 Å². The molecule has 2 aromatic heterocycles. The van der Waals surface area contributed by atoms with Crippen LogP contribution in [0.1, 0.15) is 5.69 Å². The van der Waals surface area contributed by atoms with Crippen molar-refractivity contribution in [2.24, 2.45) is 0 Å². The van der Waals surface area contributed by atoms with Crippen molar-refractivity contribution < 1.29 is 0 Å². The molecule has 8 aromatic rings. The Hall–Kier alpha value is -7.29. The lowest BCUT2D eigenvalue weighted by Crippen LogP contribution is -2.22. The van der Waals surface area contributed by atoms with Gasteiger partial charge >= 0.3 is 5.69 Å². The minimum absolute atomic E-state index is 0.108. The van der Waals surface area contributed by atoms with Crippen LogP contribution in [0, 0.1) is 0 Å². The molecule has 6 aromatic carbocycles. The third-order valence-electron chi connectivity index (χ3n) is 9.31. The van der Waals surface area contributed by atoms with Crippen molar-refractivity contribution >= 4 is 16.6 Å². The van der Waals surface area contributed by atoms with Gasteiger partial charge in [-0.05, 0) is 71.3 Å². The van der Waals surface area contributed by atoms with E-state index in [1.54, 1.807) is 4.57 Å². The smallest absolute Gasteiger partial charge is 0.260 e. The molecular weight excluding hydrogens is 637 g/mol. The molecule has 5 nitrogen and oxygen atoms in total. The number of hydrogen-bond donors (Lipinski definition) is 0. The molecule has 0 bridgehead atoms. The van der Waals surface area contributed by atoms with Gasteiger partial charge in [0.25, 0.3) is 0 Å². The number of nitrogens with zero attached hydrogens (tertiary/aromatic N) is 4. The van der Waals surface area contributed by atoms with E-state index in [2.05, 4.69) is 66.1 Å². The summed E-state index contributed by atoms with van der Waals surface area (Å²) >= 11 is 0. The van der Waals surface area contributed by atoms with E-state index in [1.807, 2.05) is 132 Å². The van der Waals surface area contributed by atoms with Crippen LogP contribution in [-0.2, 0) is 0 Å². The summed E-state index contributed by atoms with van der Waals surface area (Å²) in [4.78, 5) is 24.0. The Bertz CT molecular complexity index is 2780. The summed E-state index contributed by atoms with van der Waals surface area (Å²) < 4.78 is 3.61. The lowest BCUT2D eigenvalue weighted by molar-refractivity contribution is 0.931. The fourth-order valence-electron chi connectivity index (χ4n) is 6.76. The highest BCUT2D eigenvalue weighted by atomic mass is 16.1. The van der Waals surface area contributed by atoms with Gasteiger partial charge in [-0.25, -0.2) is 14.8 Å². The van der Waals surface area contributed by atoms with Crippen molar-refractivity contribution in [2.75, 3.05) is 0 Å². The van der Waals surface area contributed by atoms with Crippen LogP contribution in [0.4, 0.5) is 0 Å². The molecule has 5 heteroatoms. The minimum atomic E-state index is -0.108. The van der Waals surface area contributed by atoms with Crippen LogP contribution in [0.2, 0.25) is 0 Å².